The molecule has 1 aromatic carbocycles. The summed E-state index contributed by atoms with van der Waals surface area (Å²) in [6.45, 7) is 0. The molecule has 3 heteroatoms. The molecule has 0 bridgehead atoms. The van der Waals surface area contributed by atoms with E-state index in [0.29, 0.717) is 5.57 Å². The molecule has 0 aliphatic carbocycles. The van der Waals surface area contributed by atoms with Crippen molar-refractivity contribution in [2.24, 2.45) is 0 Å². The minimum Gasteiger partial charge on any atom is -0.466 e. The second-order valence-electron chi connectivity index (χ2n) is 2.94. The van der Waals surface area contributed by atoms with Gasteiger partial charge in [-0.15, -0.1) is 0 Å². The fourth-order valence-corrected chi connectivity index (χ4v) is 1.11. The number of esters is 1. The summed E-state index contributed by atoms with van der Waals surface area (Å²) in [6, 6.07) is 11.3. The highest BCUT2D eigenvalue weighted by molar-refractivity contribution is 5.84. The molecular weight excluding hydrogens is 202 g/mol. The fourth-order valence-electron chi connectivity index (χ4n) is 1.11. The molecule has 0 aromatic heterocycles. The maximum atomic E-state index is 10.8. The first kappa shape index (κ1) is 11.7. The second kappa shape index (κ2) is 6.20. The average molecular weight is 213 g/mol. The Hall–Kier alpha value is -2.34. The van der Waals surface area contributed by atoms with E-state index in [0.717, 1.165) is 5.56 Å². The third kappa shape index (κ3) is 3.43. The number of allylic oxidation sites excluding steroid dienone is 3. The lowest BCUT2D eigenvalue weighted by atomic mass is 10.1. The first-order valence-corrected chi connectivity index (χ1v) is 4.69. The highest BCUT2D eigenvalue weighted by Crippen LogP contribution is 2.12. The van der Waals surface area contributed by atoms with Crippen LogP contribution in [0.3, 0.4) is 0 Å². The van der Waals surface area contributed by atoms with Crippen LogP contribution in [0.1, 0.15) is 5.56 Å². The molecule has 0 amide bonds. The van der Waals surface area contributed by atoms with Crippen LogP contribution in [0, 0.1) is 11.3 Å². The third-order valence-electron chi connectivity index (χ3n) is 1.90. The van der Waals surface area contributed by atoms with Gasteiger partial charge in [0.05, 0.1) is 18.8 Å². The van der Waals surface area contributed by atoms with Crippen LogP contribution in [-0.2, 0) is 9.53 Å². The smallest absolute Gasteiger partial charge is 0.330 e. The van der Waals surface area contributed by atoms with E-state index in [1.807, 2.05) is 30.3 Å². The minimum absolute atomic E-state index is 0.443. The molecule has 0 fully saturated rings. The van der Waals surface area contributed by atoms with Crippen molar-refractivity contribution >= 4 is 11.5 Å². The summed E-state index contributed by atoms with van der Waals surface area (Å²) in [5, 5.41) is 8.93. The number of ether oxygens (including phenoxy) is 1. The minimum atomic E-state index is -0.443. The largest absolute Gasteiger partial charge is 0.466 e. The number of nitrogens with zero attached hydrogens (tertiary/aromatic N) is 1. The molecule has 1 aromatic rings. The van der Waals surface area contributed by atoms with E-state index >= 15 is 0 Å². The van der Waals surface area contributed by atoms with Gasteiger partial charge in [0.2, 0.25) is 0 Å². The van der Waals surface area contributed by atoms with Crippen molar-refractivity contribution in [1.29, 1.82) is 5.26 Å². The standard InChI is InChI=1S/C13H11NO2/c1-16-13(15)9-5-8-12(10-14)11-6-3-2-4-7-11/h2-9H,1H3/b9-5+,12-8+. The molecule has 0 atom stereocenters. The van der Waals surface area contributed by atoms with Crippen LogP contribution >= 0.6 is 0 Å². The zero-order valence-corrected chi connectivity index (χ0v) is 8.88. The number of methoxy groups -OCH3 is 1. The van der Waals surface area contributed by atoms with Crippen LogP contribution in [0.25, 0.3) is 5.57 Å². The van der Waals surface area contributed by atoms with Crippen molar-refractivity contribution in [2.75, 3.05) is 7.11 Å². The van der Waals surface area contributed by atoms with Crippen LogP contribution in [0.5, 0.6) is 0 Å². The predicted octanol–water partition coefficient (Wildman–Crippen LogP) is 2.32. The van der Waals surface area contributed by atoms with Crippen molar-refractivity contribution in [3.8, 4) is 6.07 Å². The Balaban J connectivity index is 2.85. The molecular formula is C13H11NO2. The maximum absolute atomic E-state index is 10.8. The molecule has 0 unspecified atom stereocenters. The lowest BCUT2D eigenvalue weighted by Crippen LogP contribution is -1.92. The number of carbonyl (C=O) groups excluding carboxylic acids is 1. The molecule has 1 rings (SSSR count). The Morgan fingerprint density at radius 1 is 1.38 bits per heavy atom. The van der Waals surface area contributed by atoms with Crippen LogP contribution in [0.2, 0.25) is 0 Å². The van der Waals surface area contributed by atoms with Crippen molar-refractivity contribution in [2.45, 2.75) is 0 Å². The molecule has 0 radical (unpaired) electrons. The van der Waals surface area contributed by atoms with E-state index < -0.39 is 5.97 Å². The van der Waals surface area contributed by atoms with Gasteiger partial charge in [0.25, 0.3) is 0 Å². The zero-order chi connectivity index (χ0) is 11.8. The maximum Gasteiger partial charge on any atom is 0.330 e. The van der Waals surface area contributed by atoms with Gasteiger partial charge >= 0.3 is 5.97 Å². The number of carbonyl (C=O) groups is 1. The van der Waals surface area contributed by atoms with Gasteiger partial charge in [0.1, 0.15) is 0 Å². The normalized spacial score (nSPS) is 11.1. The predicted molar refractivity (Wildman–Crippen MR) is 61.2 cm³/mol. The molecule has 3 nitrogen and oxygen atoms in total. The summed E-state index contributed by atoms with van der Waals surface area (Å²) in [4.78, 5) is 10.8. The van der Waals surface area contributed by atoms with E-state index in [2.05, 4.69) is 10.8 Å². The van der Waals surface area contributed by atoms with Gasteiger partial charge in [-0.25, -0.2) is 4.79 Å². The zero-order valence-electron chi connectivity index (χ0n) is 8.88. The van der Waals surface area contributed by atoms with Gasteiger partial charge in [0.15, 0.2) is 0 Å². The first-order chi connectivity index (χ1) is 7.77. The Morgan fingerprint density at radius 3 is 2.62 bits per heavy atom. The van der Waals surface area contributed by atoms with Crippen molar-refractivity contribution in [1.82, 2.24) is 0 Å². The van der Waals surface area contributed by atoms with Crippen LogP contribution in [0.4, 0.5) is 0 Å². The average Bonchev–Trinajstić information content (AvgIpc) is 2.35. The van der Waals surface area contributed by atoms with E-state index in [1.165, 1.54) is 19.3 Å². The van der Waals surface area contributed by atoms with Crippen molar-refractivity contribution < 1.29 is 9.53 Å². The molecule has 0 saturated heterocycles. The lowest BCUT2D eigenvalue weighted by Gasteiger charge is -1.95. The van der Waals surface area contributed by atoms with Crippen molar-refractivity contribution in [3.05, 3.63) is 54.1 Å². The Bertz CT molecular complexity index is 453. The summed E-state index contributed by atoms with van der Waals surface area (Å²) < 4.78 is 4.43. The highest BCUT2D eigenvalue weighted by Gasteiger charge is 1.97. The SMILES string of the molecule is COC(=O)/C=C/C=C(\C#N)c1ccccc1. The molecule has 16 heavy (non-hydrogen) atoms. The molecule has 80 valence electrons. The lowest BCUT2D eigenvalue weighted by molar-refractivity contribution is -0.134. The van der Waals surface area contributed by atoms with E-state index in [9.17, 15) is 4.79 Å². The van der Waals surface area contributed by atoms with Gasteiger partial charge in [-0.3, -0.25) is 0 Å². The van der Waals surface area contributed by atoms with Gasteiger partial charge in [-0.05, 0) is 11.6 Å². The monoisotopic (exact) mass is 213 g/mol. The summed E-state index contributed by atoms with van der Waals surface area (Å²) in [7, 11) is 1.30. The summed E-state index contributed by atoms with van der Waals surface area (Å²) in [5.41, 5.74) is 1.32. The topological polar surface area (TPSA) is 50.1 Å². The highest BCUT2D eigenvalue weighted by atomic mass is 16.5. The van der Waals surface area contributed by atoms with E-state index in [-0.39, 0.29) is 0 Å². The van der Waals surface area contributed by atoms with Gasteiger partial charge in [0, 0.05) is 6.08 Å². The summed E-state index contributed by atoms with van der Waals surface area (Å²) in [5.74, 6) is -0.443. The number of rotatable bonds is 3. The Kier molecular flexibility index (Phi) is 4.55. The number of hydrogen-bond acceptors (Lipinski definition) is 3. The second-order valence-corrected chi connectivity index (χ2v) is 2.94. The van der Waals surface area contributed by atoms with Gasteiger partial charge in [-0.2, -0.15) is 5.26 Å². The third-order valence-corrected chi connectivity index (χ3v) is 1.90. The number of benzene rings is 1. The Morgan fingerprint density at radius 2 is 2.06 bits per heavy atom. The summed E-state index contributed by atoms with van der Waals surface area (Å²) >= 11 is 0. The van der Waals surface area contributed by atoms with E-state index in [4.69, 9.17) is 5.26 Å². The van der Waals surface area contributed by atoms with Gasteiger partial charge < -0.3 is 4.74 Å². The Labute approximate surface area is 94.3 Å². The fraction of sp³-hybridized carbons (Fsp3) is 0.0769. The molecule has 0 aliphatic rings. The molecule has 0 aliphatic heterocycles. The van der Waals surface area contributed by atoms with E-state index in [1.54, 1.807) is 6.08 Å². The van der Waals surface area contributed by atoms with Crippen LogP contribution in [-0.4, -0.2) is 13.1 Å². The number of hydrogen-bond donors (Lipinski definition) is 0. The molecule has 0 spiro atoms. The molecule has 0 saturated carbocycles. The van der Waals surface area contributed by atoms with Gasteiger partial charge in [-0.1, -0.05) is 36.4 Å². The number of nitriles is 1. The van der Waals surface area contributed by atoms with Crippen LogP contribution < -0.4 is 0 Å². The molecule has 0 N–H and O–H groups in total. The van der Waals surface area contributed by atoms with Crippen LogP contribution in [0.15, 0.2) is 48.6 Å². The van der Waals surface area contributed by atoms with Crippen molar-refractivity contribution in [3.63, 3.8) is 0 Å². The quantitative estimate of drug-likeness (QED) is 0.335. The summed E-state index contributed by atoms with van der Waals surface area (Å²) in [6.07, 6.45) is 4.34. The molecule has 0 heterocycles. The first-order valence-electron chi connectivity index (χ1n) is 4.69.